The Bertz CT molecular complexity index is 1280. The Morgan fingerprint density at radius 2 is 1.82 bits per heavy atom. The number of hydrogen-bond donors (Lipinski definition) is 0. The molecule has 3 aromatic rings. The number of fused-ring (bicyclic) bond motifs is 1. The van der Waals surface area contributed by atoms with Gasteiger partial charge in [-0.1, -0.05) is 31.3 Å². The quantitative estimate of drug-likeness (QED) is 0.444. The van der Waals surface area contributed by atoms with E-state index in [0.29, 0.717) is 36.9 Å². The van der Waals surface area contributed by atoms with Crippen LogP contribution in [-0.4, -0.2) is 56.0 Å². The molecule has 0 spiro atoms. The van der Waals surface area contributed by atoms with Crippen LogP contribution in [0.15, 0.2) is 41.3 Å². The largest absolute Gasteiger partial charge is 0.376 e. The van der Waals surface area contributed by atoms with E-state index in [0.717, 1.165) is 34.2 Å². The Morgan fingerprint density at radius 3 is 2.44 bits per heavy atom. The Morgan fingerprint density at radius 1 is 1.12 bits per heavy atom. The third-order valence-electron chi connectivity index (χ3n) is 6.40. The lowest BCUT2D eigenvalue weighted by Crippen LogP contribution is -2.37. The SMILES string of the molecule is CCN(CC)S(=O)(=O)c1ccc(C(=O)N(CC2CCCO2)c2nc3c(C)c(C)ccc3s2)cc1. The van der Waals surface area contributed by atoms with E-state index in [4.69, 9.17) is 9.72 Å². The molecule has 9 heteroatoms. The number of aryl methyl sites for hydroxylation is 2. The van der Waals surface area contributed by atoms with E-state index in [2.05, 4.69) is 13.0 Å². The predicted molar refractivity (Wildman–Crippen MR) is 136 cm³/mol. The average molecular weight is 502 g/mol. The zero-order valence-electron chi connectivity index (χ0n) is 20.1. The van der Waals surface area contributed by atoms with Crippen LogP contribution in [0.2, 0.25) is 0 Å². The van der Waals surface area contributed by atoms with Crippen molar-refractivity contribution in [2.24, 2.45) is 0 Å². The van der Waals surface area contributed by atoms with Crippen molar-refractivity contribution in [3.8, 4) is 0 Å². The molecule has 1 aliphatic rings. The molecule has 0 radical (unpaired) electrons. The number of hydrogen-bond acceptors (Lipinski definition) is 6. The zero-order chi connectivity index (χ0) is 24.5. The van der Waals surface area contributed by atoms with Gasteiger partial charge in [-0.3, -0.25) is 9.69 Å². The summed E-state index contributed by atoms with van der Waals surface area (Å²) in [6, 6.07) is 10.3. The summed E-state index contributed by atoms with van der Waals surface area (Å²) in [5.41, 5.74) is 3.59. The molecule has 0 saturated carbocycles. The van der Waals surface area contributed by atoms with Gasteiger partial charge in [-0.15, -0.1) is 0 Å². The first-order valence-corrected chi connectivity index (χ1v) is 13.9. The standard InChI is InChI=1S/C25H31N3O4S2/c1-5-27(6-2)34(30,31)21-12-10-19(11-13-21)24(29)28(16-20-8-7-15-32-20)25-26-23-18(4)17(3)9-14-22(23)33-25/h9-14,20H,5-8,15-16H2,1-4H3. The Kier molecular flexibility index (Phi) is 7.37. The van der Waals surface area contributed by atoms with Crippen molar-refractivity contribution >= 4 is 42.6 Å². The second-order valence-corrected chi connectivity index (χ2v) is 11.5. The van der Waals surface area contributed by atoms with Crippen LogP contribution in [-0.2, 0) is 14.8 Å². The molecule has 1 unspecified atom stereocenters. The molecular weight excluding hydrogens is 470 g/mol. The summed E-state index contributed by atoms with van der Waals surface area (Å²) in [6.45, 7) is 9.61. The number of nitrogens with zero attached hydrogens (tertiary/aromatic N) is 3. The number of anilines is 1. The molecule has 1 fully saturated rings. The van der Waals surface area contributed by atoms with Gasteiger partial charge in [-0.25, -0.2) is 13.4 Å². The van der Waals surface area contributed by atoms with Crippen molar-refractivity contribution in [1.29, 1.82) is 0 Å². The number of benzene rings is 2. The molecule has 1 aromatic heterocycles. The van der Waals surface area contributed by atoms with Gasteiger partial charge >= 0.3 is 0 Å². The van der Waals surface area contributed by atoms with Crippen LogP contribution < -0.4 is 4.90 Å². The number of ether oxygens (including phenoxy) is 1. The second kappa shape index (κ2) is 10.1. The number of rotatable bonds is 8. The summed E-state index contributed by atoms with van der Waals surface area (Å²) in [5, 5.41) is 0.629. The van der Waals surface area contributed by atoms with Gasteiger partial charge in [0.1, 0.15) is 0 Å². The smallest absolute Gasteiger partial charge is 0.260 e. The third kappa shape index (κ3) is 4.75. The van der Waals surface area contributed by atoms with Gasteiger partial charge in [-0.05, 0) is 68.1 Å². The van der Waals surface area contributed by atoms with Gasteiger partial charge in [0.2, 0.25) is 10.0 Å². The molecular formula is C25H31N3O4S2. The van der Waals surface area contributed by atoms with E-state index in [1.54, 1.807) is 17.0 Å². The van der Waals surface area contributed by atoms with Gasteiger partial charge in [0.05, 0.1) is 27.8 Å². The van der Waals surface area contributed by atoms with Crippen LogP contribution in [0.4, 0.5) is 5.13 Å². The molecule has 1 atom stereocenters. The molecule has 0 bridgehead atoms. The lowest BCUT2D eigenvalue weighted by Gasteiger charge is -2.23. The highest BCUT2D eigenvalue weighted by Gasteiger charge is 2.28. The first kappa shape index (κ1) is 24.8. The van der Waals surface area contributed by atoms with Crippen LogP contribution in [0.25, 0.3) is 10.2 Å². The molecule has 34 heavy (non-hydrogen) atoms. The van der Waals surface area contributed by atoms with Crippen LogP contribution in [0.5, 0.6) is 0 Å². The minimum Gasteiger partial charge on any atom is -0.376 e. The van der Waals surface area contributed by atoms with Gasteiger partial charge < -0.3 is 4.74 Å². The summed E-state index contributed by atoms with van der Waals surface area (Å²) in [5.74, 6) is -0.212. The zero-order valence-corrected chi connectivity index (χ0v) is 21.7. The van der Waals surface area contributed by atoms with Crippen LogP contribution >= 0.6 is 11.3 Å². The van der Waals surface area contributed by atoms with Crippen molar-refractivity contribution in [1.82, 2.24) is 9.29 Å². The molecule has 4 rings (SSSR count). The lowest BCUT2D eigenvalue weighted by atomic mass is 10.1. The van der Waals surface area contributed by atoms with E-state index in [-0.39, 0.29) is 16.9 Å². The van der Waals surface area contributed by atoms with Crippen LogP contribution in [0.3, 0.4) is 0 Å². The number of amides is 1. The first-order chi connectivity index (χ1) is 16.3. The molecule has 1 aliphatic heterocycles. The maximum Gasteiger partial charge on any atom is 0.260 e. The fraction of sp³-hybridized carbons (Fsp3) is 0.440. The summed E-state index contributed by atoms with van der Waals surface area (Å²) >= 11 is 1.49. The fourth-order valence-corrected chi connectivity index (χ4v) is 6.70. The molecule has 7 nitrogen and oxygen atoms in total. The number of carbonyl (C=O) groups is 1. The monoisotopic (exact) mass is 501 g/mol. The minimum absolute atomic E-state index is 0.0406. The number of carbonyl (C=O) groups excluding carboxylic acids is 1. The molecule has 1 amide bonds. The van der Waals surface area contributed by atoms with Crippen molar-refractivity contribution in [3.63, 3.8) is 0 Å². The van der Waals surface area contributed by atoms with Crippen molar-refractivity contribution < 1.29 is 17.9 Å². The molecule has 2 heterocycles. The number of aromatic nitrogens is 1. The maximum atomic E-state index is 13.6. The molecule has 1 saturated heterocycles. The summed E-state index contributed by atoms with van der Waals surface area (Å²) in [6.07, 6.45) is 1.83. The Balaban J connectivity index is 1.68. The van der Waals surface area contributed by atoms with E-state index in [1.807, 2.05) is 26.8 Å². The molecule has 0 N–H and O–H groups in total. The number of thiazole rings is 1. The Hall–Kier alpha value is -2.33. The van der Waals surface area contributed by atoms with Gasteiger partial charge in [0.15, 0.2) is 5.13 Å². The maximum absolute atomic E-state index is 13.6. The summed E-state index contributed by atoms with van der Waals surface area (Å²) in [4.78, 5) is 20.3. The number of sulfonamides is 1. The van der Waals surface area contributed by atoms with Crippen molar-refractivity contribution in [2.45, 2.75) is 51.5 Å². The average Bonchev–Trinajstić information content (AvgIpc) is 3.50. The minimum atomic E-state index is -3.58. The molecule has 2 aromatic carbocycles. The van der Waals surface area contributed by atoms with E-state index in [1.165, 1.54) is 27.8 Å². The highest BCUT2D eigenvalue weighted by molar-refractivity contribution is 7.89. The van der Waals surface area contributed by atoms with Crippen molar-refractivity contribution in [3.05, 3.63) is 53.1 Å². The fourth-order valence-electron chi connectivity index (χ4n) is 4.21. The highest BCUT2D eigenvalue weighted by Crippen LogP contribution is 2.33. The molecule has 182 valence electrons. The lowest BCUT2D eigenvalue weighted by molar-refractivity contribution is 0.0917. The predicted octanol–water partition coefficient (Wildman–Crippen LogP) is 4.77. The molecule has 0 aliphatic carbocycles. The second-order valence-electron chi connectivity index (χ2n) is 8.52. The van der Waals surface area contributed by atoms with E-state index < -0.39 is 10.0 Å². The summed E-state index contributed by atoms with van der Waals surface area (Å²) in [7, 11) is -3.58. The van der Waals surface area contributed by atoms with E-state index in [9.17, 15) is 13.2 Å². The van der Waals surface area contributed by atoms with Crippen molar-refractivity contribution in [2.75, 3.05) is 31.1 Å². The Labute approximate surface area is 205 Å². The van der Waals surface area contributed by atoms with E-state index >= 15 is 0 Å². The summed E-state index contributed by atoms with van der Waals surface area (Å²) < 4.78 is 33.9. The van der Waals surface area contributed by atoms with Gasteiger partial charge in [-0.2, -0.15) is 4.31 Å². The van der Waals surface area contributed by atoms with Gasteiger partial charge in [0.25, 0.3) is 5.91 Å². The first-order valence-electron chi connectivity index (χ1n) is 11.7. The third-order valence-corrected chi connectivity index (χ3v) is 9.51. The van der Waals surface area contributed by atoms with Crippen LogP contribution in [0, 0.1) is 13.8 Å². The van der Waals surface area contributed by atoms with Crippen LogP contribution in [0.1, 0.15) is 48.2 Å². The normalized spacial score (nSPS) is 16.4. The highest BCUT2D eigenvalue weighted by atomic mass is 32.2. The topological polar surface area (TPSA) is 79.8 Å². The van der Waals surface area contributed by atoms with Gasteiger partial charge in [0, 0.05) is 25.3 Å².